The Hall–Kier alpha value is -3.47. The maximum absolute atomic E-state index is 13.5. The molecule has 5 heteroatoms. The molecule has 2 aliphatic rings. The van der Waals surface area contributed by atoms with Crippen LogP contribution in [0.5, 0.6) is 0 Å². The summed E-state index contributed by atoms with van der Waals surface area (Å²) in [5.74, 6) is -1.17. The molecule has 144 valence electrons. The number of carboxylic acids is 1. The minimum Gasteiger partial charge on any atom is -0.478 e. The molecular formula is C24H18FNO3. The van der Waals surface area contributed by atoms with E-state index in [1.54, 1.807) is 41.3 Å². The molecule has 0 aromatic heterocycles. The topological polar surface area (TPSA) is 57.6 Å². The zero-order valence-electron chi connectivity index (χ0n) is 15.5. The van der Waals surface area contributed by atoms with Gasteiger partial charge in [-0.2, -0.15) is 0 Å². The van der Waals surface area contributed by atoms with Gasteiger partial charge in [0.1, 0.15) is 5.82 Å². The molecule has 29 heavy (non-hydrogen) atoms. The Morgan fingerprint density at radius 2 is 1.72 bits per heavy atom. The molecular weight excluding hydrogens is 369 g/mol. The summed E-state index contributed by atoms with van der Waals surface area (Å²) in [6, 6.07) is 20.8. The van der Waals surface area contributed by atoms with E-state index >= 15 is 0 Å². The highest BCUT2D eigenvalue weighted by Crippen LogP contribution is 2.66. The number of anilines is 1. The summed E-state index contributed by atoms with van der Waals surface area (Å²) in [7, 11) is 0. The monoisotopic (exact) mass is 387 g/mol. The van der Waals surface area contributed by atoms with Crippen molar-refractivity contribution in [3.8, 4) is 0 Å². The molecule has 3 aromatic carbocycles. The summed E-state index contributed by atoms with van der Waals surface area (Å²) < 4.78 is 13.3. The van der Waals surface area contributed by atoms with E-state index in [2.05, 4.69) is 0 Å². The Balaban J connectivity index is 1.48. The highest BCUT2D eigenvalue weighted by Gasteiger charge is 2.66. The van der Waals surface area contributed by atoms with E-state index < -0.39 is 11.4 Å². The normalized spacial score (nSPS) is 22.0. The fourth-order valence-electron chi connectivity index (χ4n) is 4.54. The molecule has 1 fully saturated rings. The SMILES string of the molecule is O=C(O)c1ccc(CN2C(=O)C3(CC3c3ccc(F)cc3)c3ccccc32)cc1. The first-order valence-corrected chi connectivity index (χ1v) is 9.50. The van der Waals surface area contributed by atoms with Gasteiger partial charge in [-0.05, 0) is 53.4 Å². The van der Waals surface area contributed by atoms with Gasteiger partial charge in [0.05, 0.1) is 17.5 Å². The third kappa shape index (κ3) is 2.65. The van der Waals surface area contributed by atoms with Gasteiger partial charge >= 0.3 is 5.97 Å². The molecule has 1 saturated carbocycles. The van der Waals surface area contributed by atoms with Crippen LogP contribution < -0.4 is 4.90 Å². The fraction of sp³-hybridized carbons (Fsp3) is 0.167. The Morgan fingerprint density at radius 3 is 2.41 bits per heavy atom. The van der Waals surface area contributed by atoms with Gasteiger partial charge in [-0.25, -0.2) is 9.18 Å². The number of nitrogens with zero attached hydrogens (tertiary/aromatic N) is 1. The molecule has 1 spiro atoms. The van der Waals surface area contributed by atoms with Gasteiger partial charge in [0.2, 0.25) is 5.91 Å². The maximum atomic E-state index is 13.5. The lowest BCUT2D eigenvalue weighted by atomic mass is 9.92. The van der Waals surface area contributed by atoms with E-state index in [9.17, 15) is 14.0 Å². The Bertz CT molecular complexity index is 1120. The number of hydrogen-bond donors (Lipinski definition) is 1. The molecule has 4 nitrogen and oxygen atoms in total. The van der Waals surface area contributed by atoms with Gasteiger partial charge in [-0.3, -0.25) is 4.79 Å². The van der Waals surface area contributed by atoms with Crippen molar-refractivity contribution in [2.24, 2.45) is 0 Å². The van der Waals surface area contributed by atoms with Gasteiger partial charge in [0, 0.05) is 11.6 Å². The van der Waals surface area contributed by atoms with Crippen molar-refractivity contribution in [2.45, 2.75) is 24.3 Å². The smallest absolute Gasteiger partial charge is 0.335 e. The van der Waals surface area contributed by atoms with E-state index in [0.29, 0.717) is 13.0 Å². The standard InChI is InChI=1S/C24H18FNO3/c25-18-11-9-16(10-12-18)20-13-24(20)19-3-1-2-4-21(19)26(23(24)29)14-15-5-7-17(8-6-15)22(27)28/h1-12,20H,13-14H2,(H,27,28). The Morgan fingerprint density at radius 1 is 1.03 bits per heavy atom. The second-order valence-electron chi connectivity index (χ2n) is 7.69. The molecule has 0 radical (unpaired) electrons. The van der Waals surface area contributed by atoms with Crippen LogP contribution in [0.25, 0.3) is 0 Å². The molecule has 5 rings (SSSR count). The van der Waals surface area contributed by atoms with Crippen LogP contribution in [0, 0.1) is 5.82 Å². The van der Waals surface area contributed by atoms with Gasteiger partial charge < -0.3 is 10.0 Å². The first-order chi connectivity index (χ1) is 14.0. The average molecular weight is 387 g/mol. The van der Waals surface area contributed by atoms with Crippen LogP contribution in [-0.4, -0.2) is 17.0 Å². The predicted octanol–water partition coefficient (Wildman–Crippen LogP) is 4.50. The van der Waals surface area contributed by atoms with E-state index in [1.807, 2.05) is 24.3 Å². The van der Waals surface area contributed by atoms with Gasteiger partial charge in [-0.15, -0.1) is 0 Å². The van der Waals surface area contributed by atoms with Gasteiger partial charge in [0.15, 0.2) is 0 Å². The molecule has 1 heterocycles. The van der Waals surface area contributed by atoms with Gasteiger partial charge in [-0.1, -0.05) is 42.5 Å². The van der Waals surface area contributed by atoms with Crippen molar-refractivity contribution in [3.63, 3.8) is 0 Å². The van der Waals surface area contributed by atoms with Crippen molar-refractivity contribution in [2.75, 3.05) is 4.90 Å². The zero-order chi connectivity index (χ0) is 20.2. The number of para-hydroxylation sites is 1. The molecule has 1 aliphatic heterocycles. The van der Waals surface area contributed by atoms with Crippen molar-refractivity contribution >= 4 is 17.6 Å². The first kappa shape index (κ1) is 17.6. The van der Waals surface area contributed by atoms with Crippen LogP contribution in [0.3, 0.4) is 0 Å². The summed E-state index contributed by atoms with van der Waals surface area (Å²) in [5, 5.41) is 9.08. The Kier molecular flexibility index (Phi) is 3.81. The minimum atomic E-state index is -0.974. The summed E-state index contributed by atoms with van der Waals surface area (Å²) >= 11 is 0. The second kappa shape index (κ2) is 6.27. The Labute approximate surface area is 167 Å². The van der Waals surface area contributed by atoms with Gasteiger partial charge in [0.25, 0.3) is 0 Å². The van der Waals surface area contributed by atoms with Crippen molar-refractivity contribution in [1.82, 2.24) is 0 Å². The van der Waals surface area contributed by atoms with Crippen LogP contribution in [0.2, 0.25) is 0 Å². The van der Waals surface area contributed by atoms with Crippen LogP contribution in [0.4, 0.5) is 10.1 Å². The number of rotatable bonds is 4. The molecule has 1 N–H and O–H groups in total. The third-order valence-electron chi connectivity index (χ3n) is 6.08. The van der Waals surface area contributed by atoms with Crippen LogP contribution in [-0.2, 0) is 16.8 Å². The number of aromatic carboxylic acids is 1. The van der Waals surface area contributed by atoms with Crippen molar-refractivity contribution in [3.05, 3.63) is 101 Å². The number of hydrogen-bond acceptors (Lipinski definition) is 2. The summed E-state index contributed by atoms with van der Waals surface area (Å²) in [6.45, 7) is 0.383. The van der Waals surface area contributed by atoms with Crippen LogP contribution in [0.1, 0.15) is 39.4 Å². The van der Waals surface area contributed by atoms with Crippen LogP contribution >= 0.6 is 0 Å². The second-order valence-corrected chi connectivity index (χ2v) is 7.69. The number of benzene rings is 3. The van der Waals surface area contributed by atoms with E-state index in [-0.39, 0.29) is 23.2 Å². The van der Waals surface area contributed by atoms with Crippen molar-refractivity contribution < 1.29 is 19.1 Å². The molecule has 2 unspecified atom stereocenters. The lowest BCUT2D eigenvalue weighted by Gasteiger charge is -2.18. The van der Waals surface area contributed by atoms with E-state index in [0.717, 1.165) is 22.4 Å². The summed E-state index contributed by atoms with van der Waals surface area (Å²) in [5.41, 5.74) is 3.38. The van der Waals surface area contributed by atoms with E-state index in [4.69, 9.17) is 5.11 Å². The predicted molar refractivity (Wildman–Crippen MR) is 106 cm³/mol. The zero-order valence-corrected chi connectivity index (χ0v) is 15.5. The maximum Gasteiger partial charge on any atom is 0.335 e. The summed E-state index contributed by atoms with van der Waals surface area (Å²) in [6.07, 6.45) is 0.711. The number of fused-ring (bicyclic) bond motifs is 2. The lowest BCUT2D eigenvalue weighted by molar-refractivity contribution is -0.120. The minimum absolute atomic E-state index is 0.0381. The molecule has 1 amide bonds. The van der Waals surface area contributed by atoms with E-state index in [1.165, 1.54) is 12.1 Å². The third-order valence-corrected chi connectivity index (χ3v) is 6.08. The molecule has 3 aromatic rings. The first-order valence-electron chi connectivity index (χ1n) is 9.50. The quantitative estimate of drug-likeness (QED) is 0.717. The lowest BCUT2D eigenvalue weighted by Crippen LogP contribution is -2.32. The van der Waals surface area contributed by atoms with Crippen molar-refractivity contribution in [1.29, 1.82) is 0 Å². The molecule has 2 atom stereocenters. The molecule has 0 bridgehead atoms. The summed E-state index contributed by atoms with van der Waals surface area (Å²) in [4.78, 5) is 26.4. The fourth-order valence-corrected chi connectivity index (χ4v) is 4.54. The average Bonchev–Trinajstić information content (AvgIpc) is 3.44. The number of amides is 1. The number of carbonyl (C=O) groups excluding carboxylic acids is 1. The highest BCUT2D eigenvalue weighted by atomic mass is 19.1. The molecule has 0 saturated heterocycles. The number of carboxylic acid groups (broad SMARTS) is 1. The number of carbonyl (C=O) groups is 2. The number of halogens is 1. The largest absolute Gasteiger partial charge is 0.478 e. The van der Waals surface area contributed by atoms with Crippen LogP contribution in [0.15, 0.2) is 72.8 Å². The molecule has 1 aliphatic carbocycles. The highest BCUT2D eigenvalue weighted by molar-refractivity contribution is 6.11.